The van der Waals surface area contributed by atoms with E-state index in [0.717, 1.165) is 26.2 Å². The lowest BCUT2D eigenvalue weighted by molar-refractivity contribution is -0.135. The zero-order valence-electron chi connectivity index (χ0n) is 11.3. The van der Waals surface area contributed by atoms with Crippen LogP contribution in [-0.4, -0.2) is 97.1 Å². The summed E-state index contributed by atoms with van der Waals surface area (Å²) >= 11 is 0. The fourth-order valence-corrected chi connectivity index (χ4v) is 2.11. The molecule has 10 heteroatoms. The fraction of sp³-hybridized carbons (Fsp3) is 0.900. The first-order valence-electron chi connectivity index (χ1n) is 6.21. The summed E-state index contributed by atoms with van der Waals surface area (Å²) in [7, 11) is -3.84. The summed E-state index contributed by atoms with van der Waals surface area (Å²) in [5.41, 5.74) is 4.57. The van der Waals surface area contributed by atoms with E-state index in [4.69, 9.17) is 14.8 Å². The zero-order valence-corrected chi connectivity index (χ0v) is 12.1. The average molecular weight is 313 g/mol. The highest BCUT2D eigenvalue weighted by Crippen LogP contribution is 2.01. The molecule has 0 amide bonds. The molecule has 20 heavy (non-hydrogen) atoms. The summed E-state index contributed by atoms with van der Waals surface area (Å²) in [4.78, 5) is 13.4. The Morgan fingerprint density at radius 2 is 1.50 bits per heavy atom. The standard InChI is InChI=1S/C8H18N2O4S.C2H5NO2/c11-7-5-9-1-3-10(4-2-9)6-8-15(12,13)14;3-1-2(4)5/h11H,1-8H2,(H,12,13,14);1,3H2,(H,4,5). The van der Waals surface area contributed by atoms with Crippen LogP contribution in [0.15, 0.2) is 0 Å². The van der Waals surface area contributed by atoms with Gasteiger partial charge in [-0.05, 0) is 0 Å². The molecule has 0 aromatic heterocycles. The van der Waals surface area contributed by atoms with Gasteiger partial charge < -0.3 is 15.9 Å². The first-order chi connectivity index (χ1) is 9.28. The van der Waals surface area contributed by atoms with E-state index in [2.05, 4.69) is 10.6 Å². The third-order valence-corrected chi connectivity index (χ3v) is 3.42. The van der Waals surface area contributed by atoms with Gasteiger partial charge >= 0.3 is 5.97 Å². The molecule has 120 valence electrons. The third kappa shape index (κ3) is 11.1. The highest BCUT2D eigenvalue weighted by molar-refractivity contribution is 7.85. The minimum atomic E-state index is -3.84. The molecule has 1 aliphatic rings. The summed E-state index contributed by atoms with van der Waals surface area (Å²) in [5, 5.41) is 16.3. The van der Waals surface area contributed by atoms with Crippen molar-refractivity contribution in [2.75, 3.05) is 58.2 Å². The number of nitrogens with two attached hydrogens (primary N) is 1. The van der Waals surface area contributed by atoms with E-state index in [1.54, 1.807) is 0 Å². The van der Waals surface area contributed by atoms with Crippen molar-refractivity contribution in [2.45, 2.75) is 0 Å². The van der Waals surface area contributed by atoms with Crippen LogP contribution in [0.2, 0.25) is 0 Å². The second kappa shape index (κ2) is 10.0. The molecule has 0 saturated carbocycles. The molecule has 0 aliphatic carbocycles. The molecule has 1 rings (SSSR count). The minimum Gasteiger partial charge on any atom is -0.480 e. The van der Waals surface area contributed by atoms with E-state index in [9.17, 15) is 13.2 Å². The first-order valence-corrected chi connectivity index (χ1v) is 7.82. The molecular weight excluding hydrogens is 290 g/mol. The van der Waals surface area contributed by atoms with Crippen molar-refractivity contribution in [3.05, 3.63) is 0 Å². The van der Waals surface area contributed by atoms with E-state index in [1.807, 2.05) is 4.90 Å². The average Bonchev–Trinajstić information content (AvgIpc) is 2.38. The Kier molecular flexibility index (Phi) is 9.63. The molecule has 0 aromatic rings. The van der Waals surface area contributed by atoms with Crippen molar-refractivity contribution in [1.82, 2.24) is 9.80 Å². The normalized spacial score (nSPS) is 17.4. The number of carboxylic acid groups (broad SMARTS) is 1. The van der Waals surface area contributed by atoms with Crippen molar-refractivity contribution in [1.29, 1.82) is 0 Å². The topological polar surface area (TPSA) is 144 Å². The Morgan fingerprint density at radius 1 is 1.10 bits per heavy atom. The predicted octanol–water partition coefficient (Wildman–Crippen LogP) is -2.49. The number of piperazine rings is 1. The predicted molar refractivity (Wildman–Crippen MR) is 73.1 cm³/mol. The van der Waals surface area contributed by atoms with Crippen LogP contribution < -0.4 is 5.73 Å². The fourth-order valence-electron chi connectivity index (χ4n) is 1.62. The number of β-amino-alcohol motifs (C(OH)–C–C–N with tert-alkyl or cyclic N) is 1. The smallest absolute Gasteiger partial charge is 0.317 e. The van der Waals surface area contributed by atoms with Crippen LogP contribution in [0.5, 0.6) is 0 Å². The molecule has 0 unspecified atom stereocenters. The van der Waals surface area contributed by atoms with Gasteiger partial charge in [-0.25, -0.2) is 0 Å². The molecule has 0 bridgehead atoms. The summed E-state index contributed by atoms with van der Waals surface area (Å²) in [6.07, 6.45) is 0. The Hall–Kier alpha value is -0.780. The summed E-state index contributed by atoms with van der Waals surface area (Å²) in [5.74, 6) is -1.17. The molecule has 0 atom stereocenters. The van der Waals surface area contributed by atoms with E-state index in [1.165, 1.54) is 0 Å². The van der Waals surface area contributed by atoms with Gasteiger partial charge in [0.1, 0.15) is 0 Å². The molecule has 9 nitrogen and oxygen atoms in total. The van der Waals surface area contributed by atoms with Gasteiger partial charge in [0.2, 0.25) is 0 Å². The van der Waals surface area contributed by atoms with Gasteiger partial charge in [-0.15, -0.1) is 0 Å². The van der Waals surface area contributed by atoms with Crippen molar-refractivity contribution >= 4 is 16.1 Å². The highest BCUT2D eigenvalue weighted by atomic mass is 32.2. The van der Waals surface area contributed by atoms with E-state index >= 15 is 0 Å². The van der Waals surface area contributed by atoms with Crippen LogP contribution >= 0.6 is 0 Å². The maximum Gasteiger partial charge on any atom is 0.317 e. The Labute approximate surface area is 118 Å². The van der Waals surface area contributed by atoms with Gasteiger partial charge in [0, 0.05) is 39.3 Å². The minimum absolute atomic E-state index is 0.158. The van der Waals surface area contributed by atoms with Crippen molar-refractivity contribution in [3.63, 3.8) is 0 Å². The van der Waals surface area contributed by atoms with E-state index in [-0.39, 0.29) is 18.9 Å². The molecule has 1 fully saturated rings. The lowest BCUT2D eigenvalue weighted by Gasteiger charge is -2.33. The lowest BCUT2D eigenvalue weighted by Crippen LogP contribution is -2.48. The Balaban J connectivity index is 0.000000621. The summed E-state index contributed by atoms with van der Waals surface area (Å²) < 4.78 is 29.6. The molecule has 1 heterocycles. The quantitative estimate of drug-likeness (QED) is 0.391. The highest BCUT2D eigenvalue weighted by Gasteiger charge is 2.17. The van der Waals surface area contributed by atoms with Crippen molar-refractivity contribution in [3.8, 4) is 0 Å². The number of nitrogens with zero attached hydrogens (tertiary/aromatic N) is 2. The monoisotopic (exact) mass is 313 g/mol. The maximum atomic E-state index is 10.5. The zero-order chi connectivity index (χ0) is 15.6. The first kappa shape index (κ1) is 19.2. The maximum absolute atomic E-state index is 10.5. The Morgan fingerprint density at radius 3 is 1.80 bits per heavy atom. The van der Waals surface area contributed by atoms with Gasteiger partial charge in [-0.3, -0.25) is 19.1 Å². The van der Waals surface area contributed by atoms with Crippen LogP contribution in [-0.2, 0) is 14.9 Å². The summed E-state index contributed by atoms with van der Waals surface area (Å²) in [6, 6.07) is 0. The SMILES string of the molecule is NCC(=O)O.O=S(=O)(O)CCN1CCN(CCO)CC1. The van der Waals surface area contributed by atoms with Gasteiger partial charge in [-0.2, -0.15) is 8.42 Å². The lowest BCUT2D eigenvalue weighted by atomic mass is 10.3. The molecular formula is C10H23N3O6S. The van der Waals surface area contributed by atoms with Crippen LogP contribution in [0.25, 0.3) is 0 Å². The number of carbonyl (C=O) groups is 1. The number of hydrogen-bond acceptors (Lipinski definition) is 7. The number of rotatable bonds is 6. The van der Waals surface area contributed by atoms with E-state index < -0.39 is 16.1 Å². The van der Waals surface area contributed by atoms with Crippen LogP contribution in [0.1, 0.15) is 0 Å². The van der Waals surface area contributed by atoms with E-state index in [0.29, 0.717) is 13.1 Å². The molecule has 0 spiro atoms. The number of hydrogen-bond donors (Lipinski definition) is 4. The largest absolute Gasteiger partial charge is 0.480 e. The molecule has 0 radical (unpaired) electrons. The second-order valence-corrected chi connectivity index (χ2v) is 5.86. The third-order valence-electron chi connectivity index (χ3n) is 2.72. The number of aliphatic hydroxyl groups excluding tert-OH is 1. The Bertz CT molecular complexity index is 367. The molecule has 1 saturated heterocycles. The van der Waals surface area contributed by atoms with Crippen LogP contribution in [0.3, 0.4) is 0 Å². The number of aliphatic carboxylic acids is 1. The van der Waals surface area contributed by atoms with Crippen molar-refractivity contribution < 1.29 is 28.0 Å². The molecule has 0 aromatic carbocycles. The van der Waals surface area contributed by atoms with Gasteiger partial charge in [0.05, 0.1) is 18.9 Å². The van der Waals surface area contributed by atoms with Gasteiger partial charge in [0.15, 0.2) is 0 Å². The molecule has 5 N–H and O–H groups in total. The van der Waals surface area contributed by atoms with Crippen LogP contribution in [0.4, 0.5) is 0 Å². The van der Waals surface area contributed by atoms with Gasteiger partial charge in [0.25, 0.3) is 10.1 Å². The molecule has 1 aliphatic heterocycles. The number of aliphatic hydroxyl groups is 1. The van der Waals surface area contributed by atoms with Gasteiger partial charge in [-0.1, -0.05) is 0 Å². The van der Waals surface area contributed by atoms with Crippen LogP contribution in [0, 0.1) is 0 Å². The number of carboxylic acids is 1. The summed E-state index contributed by atoms with van der Waals surface area (Å²) in [6.45, 7) is 4.19. The van der Waals surface area contributed by atoms with Crippen molar-refractivity contribution in [2.24, 2.45) is 5.73 Å². The second-order valence-electron chi connectivity index (χ2n) is 4.29.